The van der Waals surface area contributed by atoms with E-state index in [2.05, 4.69) is 9.98 Å². The number of hydrogen-bond donors (Lipinski definition) is 0. The molecule has 0 radical (unpaired) electrons. The fourth-order valence-corrected chi connectivity index (χ4v) is 1.35. The van der Waals surface area contributed by atoms with Gasteiger partial charge in [-0.15, -0.1) is 0 Å². The second-order valence-corrected chi connectivity index (χ2v) is 2.84. The fourth-order valence-electron chi connectivity index (χ4n) is 1.35. The lowest BCUT2D eigenvalue weighted by atomic mass is 10.1. The SMILES string of the molecule is N#Cc1ccc(C#N)c2c1=NC(C#N)N=2. The van der Waals surface area contributed by atoms with Crippen LogP contribution in [0.4, 0.5) is 0 Å². The highest BCUT2D eigenvalue weighted by molar-refractivity contribution is 5.37. The largest absolute Gasteiger partial charge is 0.240 e. The Labute approximate surface area is 84.9 Å². The van der Waals surface area contributed by atoms with E-state index < -0.39 is 6.17 Å². The smallest absolute Gasteiger partial charge is 0.227 e. The lowest BCUT2D eigenvalue weighted by molar-refractivity contribution is 0.883. The second kappa shape index (κ2) is 3.21. The second-order valence-electron chi connectivity index (χ2n) is 2.84. The van der Waals surface area contributed by atoms with Crippen molar-refractivity contribution in [1.29, 1.82) is 15.8 Å². The first-order valence-electron chi connectivity index (χ1n) is 4.08. The molecule has 2 rings (SSSR count). The lowest BCUT2D eigenvalue weighted by Crippen LogP contribution is -2.27. The van der Waals surface area contributed by atoms with Crippen LogP contribution in [-0.2, 0) is 0 Å². The molecular formula is C10H3N5. The van der Waals surface area contributed by atoms with Crippen molar-refractivity contribution in [2.75, 3.05) is 0 Å². The van der Waals surface area contributed by atoms with E-state index in [1.165, 1.54) is 12.1 Å². The van der Waals surface area contributed by atoms with E-state index in [1.54, 1.807) is 0 Å². The molecule has 0 aromatic heterocycles. The zero-order chi connectivity index (χ0) is 10.8. The van der Waals surface area contributed by atoms with Crippen molar-refractivity contribution in [1.82, 2.24) is 0 Å². The number of hydrogen-bond acceptors (Lipinski definition) is 5. The summed E-state index contributed by atoms with van der Waals surface area (Å²) in [5.74, 6) is 0. The first-order valence-corrected chi connectivity index (χ1v) is 4.08. The van der Waals surface area contributed by atoms with E-state index in [-0.39, 0.29) is 0 Å². The van der Waals surface area contributed by atoms with Crippen molar-refractivity contribution in [3.8, 4) is 18.2 Å². The summed E-state index contributed by atoms with van der Waals surface area (Å²) in [5, 5.41) is 27.0. The Bertz CT molecular complexity index is 613. The van der Waals surface area contributed by atoms with E-state index >= 15 is 0 Å². The third-order valence-corrected chi connectivity index (χ3v) is 2.01. The summed E-state index contributed by atoms with van der Waals surface area (Å²) in [6, 6.07) is 8.78. The van der Waals surface area contributed by atoms with Gasteiger partial charge in [0.2, 0.25) is 6.17 Å². The molecule has 1 aliphatic rings. The highest BCUT2D eigenvalue weighted by atomic mass is 15.0. The van der Waals surface area contributed by atoms with Crippen molar-refractivity contribution in [2.45, 2.75) is 6.17 Å². The highest BCUT2D eigenvalue weighted by Gasteiger charge is 2.14. The van der Waals surface area contributed by atoms with Crippen LogP contribution in [0, 0.1) is 34.0 Å². The van der Waals surface area contributed by atoms with Crippen molar-refractivity contribution in [3.63, 3.8) is 0 Å². The quantitative estimate of drug-likeness (QED) is 0.557. The van der Waals surface area contributed by atoms with Gasteiger partial charge in [0.25, 0.3) is 0 Å². The van der Waals surface area contributed by atoms with E-state index in [1.807, 2.05) is 18.2 Å². The Kier molecular flexibility index (Phi) is 1.90. The summed E-state index contributed by atoms with van der Waals surface area (Å²) >= 11 is 0. The summed E-state index contributed by atoms with van der Waals surface area (Å²) in [6.45, 7) is 0. The standard InChI is InChI=1S/C10H3N5/c11-3-6-1-2-7(4-12)10-9(6)14-8(5-13)15-10/h1-2,8H. The lowest BCUT2D eigenvalue weighted by Gasteiger charge is -1.89. The van der Waals surface area contributed by atoms with Crippen LogP contribution in [0.25, 0.3) is 0 Å². The summed E-state index contributed by atoms with van der Waals surface area (Å²) < 4.78 is 0. The average molecular weight is 193 g/mol. The van der Waals surface area contributed by atoms with Gasteiger partial charge in [-0.2, -0.15) is 15.8 Å². The minimum absolute atomic E-state index is 0.338. The maximum absolute atomic E-state index is 8.81. The van der Waals surface area contributed by atoms with E-state index in [9.17, 15) is 0 Å². The third-order valence-electron chi connectivity index (χ3n) is 2.01. The topological polar surface area (TPSA) is 96.1 Å². The maximum atomic E-state index is 8.81. The summed E-state index contributed by atoms with van der Waals surface area (Å²) in [7, 11) is 0. The molecule has 0 bridgehead atoms. The Morgan fingerprint density at radius 1 is 0.933 bits per heavy atom. The summed E-state index contributed by atoms with van der Waals surface area (Å²) in [5.41, 5.74) is 0.677. The molecule has 0 aliphatic carbocycles. The molecule has 0 saturated heterocycles. The van der Waals surface area contributed by atoms with Crippen LogP contribution in [0.15, 0.2) is 22.1 Å². The highest BCUT2D eigenvalue weighted by Crippen LogP contribution is 1.98. The van der Waals surface area contributed by atoms with Crippen LogP contribution in [0.3, 0.4) is 0 Å². The maximum Gasteiger partial charge on any atom is 0.227 e. The molecular weight excluding hydrogens is 190 g/mol. The molecule has 0 saturated carbocycles. The zero-order valence-corrected chi connectivity index (χ0v) is 7.47. The van der Waals surface area contributed by atoms with Crippen molar-refractivity contribution >= 4 is 0 Å². The van der Waals surface area contributed by atoms with Gasteiger partial charge in [0.1, 0.15) is 28.9 Å². The number of nitriles is 3. The Morgan fingerprint density at radius 3 is 1.73 bits per heavy atom. The Morgan fingerprint density at radius 2 is 1.40 bits per heavy atom. The van der Waals surface area contributed by atoms with Crippen molar-refractivity contribution in [3.05, 3.63) is 34.0 Å². The van der Waals surface area contributed by atoms with Crippen LogP contribution < -0.4 is 10.7 Å². The van der Waals surface area contributed by atoms with Crippen LogP contribution in [-0.4, -0.2) is 6.17 Å². The number of rotatable bonds is 0. The monoisotopic (exact) mass is 193 g/mol. The number of nitrogens with zero attached hydrogens (tertiary/aromatic N) is 5. The third kappa shape index (κ3) is 1.22. The van der Waals surface area contributed by atoms with E-state index in [0.29, 0.717) is 21.8 Å². The fraction of sp³-hybridized carbons (Fsp3) is 0.100. The molecule has 0 spiro atoms. The van der Waals surface area contributed by atoms with Gasteiger partial charge in [-0.05, 0) is 12.1 Å². The molecule has 0 amide bonds. The molecule has 15 heavy (non-hydrogen) atoms. The van der Waals surface area contributed by atoms with Gasteiger partial charge in [-0.3, -0.25) is 0 Å². The van der Waals surface area contributed by atoms with Crippen LogP contribution in [0.1, 0.15) is 11.1 Å². The van der Waals surface area contributed by atoms with Gasteiger partial charge in [-0.25, -0.2) is 9.98 Å². The normalized spacial score (nSPS) is 12.6. The molecule has 0 atom stereocenters. The molecule has 1 aromatic carbocycles. The van der Waals surface area contributed by atoms with Gasteiger partial charge in [0.05, 0.1) is 11.1 Å². The first-order chi connectivity index (χ1) is 7.30. The molecule has 0 fully saturated rings. The molecule has 5 heteroatoms. The number of fused-ring (bicyclic) bond motifs is 1. The van der Waals surface area contributed by atoms with Gasteiger partial charge in [0, 0.05) is 0 Å². The predicted octanol–water partition coefficient (Wildman–Crippen LogP) is -0.468. The van der Waals surface area contributed by atoms with E-state index in [0.717, 1.165) is 0 Å². The molecule has 0 unspecified atom stereocenters. The molecule has 1 aliphatic heterocycles. The molecule has 0 N–H and O–H groups in total. The van der Waals surface area contributed by atoms with Crippen LogP contribution in [0.2, 0.25) is 0 Å². The summed E-state index contributed by atoms with van der Waals surface area (Å²) in [6.07, 6.45) is -0.832. The minimum Gasteiger partial charge on any atom is -0.240 e. The zero-order valence-electron chi connectivity index (χ0n) is 7.47. The van der Waals surface area contributed by atoms with Gasteiger partial charge in [0.15, 0.2) is 0 Å². The van der Waals surface area contributed by atoms with E-state index in [4.69, 9.17) is 15.8 Å². The Hall–Kier alpha value is -2.71. The summed E-state index contributed by atoms with van der Waals surface area (Å²) in [4.78, 5) is 7.90. The average Bonchev–Trinajstić information content (AvgIpc) is 2.71. The predicted molar refractivity (Wildman–Crippen MR) is 47.6 cm³/mol. The van der Waals surface area contributed by atoms with Gasteiger partial charge < -0.3 is 0 Å². The number of benzene rings is 1. The van der Waals surface area contributed by atoms with Crippen LogP contribution in [0.5, 0.6) is 0 Å². The van der Waals surface area contributed by atoms with Gasteiger partial charge >= 0.3 is 0 Å². The molecule has 1 aromatic rings. The Balaban J connectivity index is 2.90. The molecule has 1 heterocycles. The molecule has 68 valence electrons. The molecule has 5 nitrogen and oxygen atoms in total. The van der Waals surface area contributed by atoms with Crippen molar-refractivity contribution in [2.24, 2.45) is 9.98 Å². The first kappa shape index (κ1) is 8.87. The van der Waals surface area contributed by atoms with Crippen LogP contribution >= 0.6 is 0 Å². The van der Waals surface area contributed by atoms with Crippen molar-refractivity contribution < 1.29 is 0 Å². The minimum atomic E-state index is -0.832. The van der Waals surface area contributed by atoms with Gasteiger partial charge in [-0.1, -0.05) is 0 Å².